The number of carbonyl (C=O) groups excluding carboxylic acids is 1. The molecular weight excluding hydrogens is 250 g/mol. The summed E-state index contributed by atoms with van der Waals surface area (Å²) in [6, 6.07) is 9.72. The lowest BCUT2D eigenvalue weighted by Gasteiger charge is -2.07. The van der Waals surface area contributed by atoms with Crippen LogP contribution in [0.3, 0.4) is 0 Å². The van der Waals surface area contributed by atoms with Gasteiger partial charge in [0.2, 0.25) is 0 Å². The van der Waals surface area contributed by atoms with Crippen molar-refractivity contribution in [1.29, 1.82) is 0 Å². The third-order valence-electron chi connectivity index (χ3n) is 3.26. The molecule has 0 aromatic heterocycles. The highest BCUT2D eigenvalue weighted by Gasteiger charge is 2.01. The van der Waals surface area contributed by atoms with Crippen molar-refractivity contribution in [3.05, 3.63) is 35.9 Å². The van der Waals surface area contributed by atoms with Crippen LogP contribution in [0.25, 0.3) is 0 Å². The van der Waals surface area contributed by atoms with Crippen LogP contribution in [0.1, 0.15) is 57.4 Å². The van der Waals surface area contributed by atoms with Gasteiger partial charge < -0.3 is 10.1 Å². The SMILES string of the molecule is CCCCCCCCCNC(=O)OCc1ccccc1. The van der Waals surface area contributed by atoms with Crippen LogP contribution in [0, 0.1) is 0 Å². The summed E-state index contributed by atoms with van der Waals surface area (Å²) in [5.41, 5.74) is 1.01. The Morgan fingerprint density at radius 3 is 2.35 bits per heavy atom. The molecule has 112 valence electrons. The molecule has 0 saturated heterocycles. The number of unbranched alkanes of at least 4 members (excludes halogenated alkanes) is 6. The molecule has 0 heterocycles. The number of amides is 1. The fourth-order valence-electron chi connectivity index (χ4n) is 2.05. The average Bonchev–Trinajstić information content (AvgIpc) is 2.49. The molecule has 0 saturated carbocycles. The molecule has 3 nitrogen and oxygen atoms in total. The highest BCUT2D eigenvalue weighted by molar-refractivity contribution is 5.67. The Morgan fingerprint density at radius 2 is 1.65 bits per heavy atom. The van der Waals surface area contributed by atoms with Crippen molar-refractivity contribution in [2.75, 3.05) is 6.54 Å². The Labute approximate surface area is 122 Å². The van der Waals surface area contributed by atoms with Crippen LogP contribution in [-0.2, 0) is 11.3 Å². The van der Waals surface area contributed by atoms with Crippen LogP contribution in [-0.4, -0.2) is 12.6 Å². The van der Waals surface area contributed by atoms with Crippen LogP contribution in [0.2, 0.25) is 0 Å². The van der Waals surface area contributed by atoms with Gasteiger partial charge in [-0.05, 0) is 12.0 Å². The molecule has 0 atom stereocenters. The first-order valence-electron chi connectivity index (χ1n) is 7.77. The lowest BCUT2D eigenvalue weighted by atomic mass is 10.1. The number of ether oxygens (including phenoxy) is 1. The van der Waals surface area contributed by atoms with E-state index in [1.54, 1.807) is 0 Å². The van der Waals surface area contributed by atoms with Gasteiger partial charge in [-0.3, -0.25) is 0 Å². The number of rotatable bonds is 10. The minimum atomic E-state index is -0.320. The highest BCUT2D eigenvalue weighted by atomic mass is 16.5. The molecule has 1 aromatic carbocycles. The van der Waals surface area contributed by atoms with Crippen molar-refractivity contribution in [3.63, 3.8) is 0 Å². The maximum absolute atomic E-state index is 11.5. The predicted octanol–water partition coefficient (Wildman–Crippen LogP) is 4.66. The van der Waals surface area contributed by atoms with Gasteiger partial charge in [-0.1, -0.05) is 75.8 Å². The van der Waals surface area contributed by atoms with E-state index in [1.165, 1.54) is 38.5 Å². The van der Waals surface area contributed by atoms with Gasteiger partial charge in [-0.25, -0.2) is 4.79 Å². The Balaban J connectivity index is 1.93. The van der Waals surface area contributed by atoms with E-state index in [0.717, 1.165) is 12.0 Å². The lowest BCUT2D eigenvalue weighted by molar-refractivity contribution is 0.139. The van der Waals surface area contributed by atoms with E-state index >= 15 is 0 Å². The van der Waals surface area contributed by atoms with Gasteiger partial charge >= 0.3 is 6.09 Å². The molecule has 3 heteroatoms. The number of hydrogen-bond donors (Lipinski definition) is 1. The minimum Gasteiger partial charge on any atom is -0.445 e. The third kappa shape index (κ3) is 8.57. The monoisotopic (exact) mass is 277 g/mol. The first kappa shape index (κ1) is 16.5. The second-order valence-corrected chi connectivity index (χ2v) is 5.11. The molecular formula is C17H27NO2. The molecule has 1 N–H and O–H groups in total. The molecule has 0 aliphatic rings. The Hall–Kier alpha value is -1.51. The summed E-state index contributed by atoms with van der Waals surface area (Å²) in [6.07, 6.45) is 8.43. The average molecular weight is 277 g/mol. The van der Waals surface area contributed by atoms with Gasteiger partial charge in [0.1, 0.15) is 6.61 Å². The van der Waals surface area contributed by atoms with Gasteiger partial charge in [-0.15, -0.1) is 0 Å². The highest BCUT2D eigenvalue weighted by Crippen LogP contribution is 2.06. The van der Waals surface area contributed by atoms with Crippen LogP contribution < -0.4 is 5.32 Å². The van der Waals surface area contributed by atoms with Crippen LogP contribution in [0.4, 0.5) is 4.79 Å². The molecule has 0 fully saturated rings. The second kappa shape index (κ2) is 11.3. The van der Waals surface area contributed by atoms with E-state index in [-0.39, 0.29) is 6.09 Å². The standard InChI is InChI=1S/C17H27NO2/c1-2-3-4-5-6-7-11-14-18-17(19)20-15-16-12-9-8-10-13-16/h8-10,12-13H,2-7,11,14-15H2,1H3,(H,18,19). The maximum atomic E-state index is 11.5. The van der Waals surface area contributed by atoms with Gasteiger partial charge in [-0.2, -0.15) is 0 Å². The topological polar surface area (TPSA) is 38.3 Å². The predicted molar refractivity (Wildman–Crippen MR) is 82.6 cm³/mol. The molecule has 1 rings (SSSR count). The second-order valence-electron chi connectivity index (χ2n) is 5.11. The smallest absolute Gasteiger partial charge is 0.407 e. The van der Waals surface area contributed by atoms with Crippen molar-refractivity contribution in [2.24, 2.45) is 0 Å². The van der Waals surface area contributed by atoms with E-state index in [0.29, 0.717) is 13.2 Å². The maximum Gasteiger partial charge on any atom is 0.407 e. The number of benzene rings is 1. The van der Waals surface area contributed by atoms with E-state index < -0.39 is 0 Å². The first-order chi connectivity index (χ1) is 9.83. The number of carbonyl (C=O) groups is 1. The van der Waals surface area contributed by atoms with E-state index in [9.17, 15) is 4.79 Å². The normalized spacial score (nSPS) is 10.2. The van der Waals surface area contributed by atoms with Gasteiger partial charge in [0.25, 0.3) is 0 Å². The first-order valence-corrected chi connectivity index (χ1v) is 7.77. The summed E-state index contributed by atoms with van der Waals surface area (Å²) >= 11 is 0. The lowest BCUT2D eigenvalue weighted by Crippen LogP contribution is -2.25. The summed E-state index contributed by atoms with van der Waals surface area (Å²) in [7, 11) is 0. The molecule has 20 heavy (non-hydrogen) atoms. The van der Waals surface area contributed by atoms with Crippen LogP contribution in [0.15, 0.2) is 30.3 Å². The molecule has 1 amide bonds. The Kier molecular flexibility index (Phi) is 9.37. The molecule has 0 bridgehead atoms. The van der Waals surface area contributed by atoms with Crippen LogP contribution in [0.5, 0.6) is 0 Å². The number of nitrogens with one attached hydrogen (secondary N) is 1. The molecule has 1 aromatic rings. The largest absolute Gasteiger partial charge is 0.445 e. The molecule has 0 unspecified atom stereocenters. The zero-order valence-electron chi connectivity index (χ0n) is 12.6. The quantitative estimate of drug-likeness (QED) is 0.631. The Morgan fingerprint density at radius 1 is 1.00 bits per heavy atom. The van der Waals surface area contributed by atoms with Crippen molar-refractivity contribution < 1.29 is 9.53 Å². The fraction of sp³-hybridized carbons (Fsp3) is 0.588. The van der Waals surface area contributed by atoms with Gasteiger partial charge in [0.05, 0.1) is 0 Å². The third-order valence-corrected chi connectivity index (χ3v) is 3.26. The summed E-state index contributed by atoms with van der Waals surface area (Å²) < 4.78 is 5.14. The molecule has 0 radical (unpaired) electrons. The van der Waals surface area contributed by atoms with Crippen molar-refractivity contribution in [3.8, 4) is 0 Å². The zero-order valence-corrected chi connectivity index (χ0v) is 12.6. The summed E-state index contributed by atoms with van der Waals surface area (Å²) in [4.78, 5) is 11.5. The number of alkyl carbamates (subject to hydrolysis) is 1. The van der Waals surface area contributed by atoms with Crippen molar-refractivity contribution in [1.82, 2.24) is 5.32 Å². The van der Waals surface area contributed by atoms with Gasteiger partial charge in [0.15, 0.2) is 0 Å². The Bertz CT molecular complexity index is 351. The molecule has 0 spiro atoms. The zero-order chi connectivity index (χ0) is 14.5. The van der Waals surface area contributed by atoms with E-state index in [1.807, 2.05) is 30.3 Å². The minimum absolute atomic E-state index is 0.320. The molecule has 0 aliphatic carbocycles. The number of hydrogen-bond acceptors (Lipinski definition) is 2. The van der Waals surface area contributed by atoms with Gasteiger partial charge in [0, 0.05) is 6.54 Å². The summed E-state index contributed by atoms with van der Waals surface area (Å²) in [6.45, 7) is 3.27. The van der Waals surface area contributed by atoms with E-state index in [4.69, 9.17) is 4.74 Å². The molecule has 0 aliphatic heterocycles. The van der Waals surface area contributed by atoms with Crippen molar-refractivity contribution >= 4 is 6.09 Å². The summed E-state index contributed by atoms with van der Waals surface area (Å²) in [5.74, 6) is 0. The van der Waals surface area contributed by atoms with Crippen molar-refractivity contribution in [2.45, 2.75) is 58.5 Å². The summed E-state index contributed by atoms with van der Waals surface area (Å²) in [5, 5.41) is 2.79. The fourth-order valence-corrected chi connectivity index (χ4v) is 2.05. The van der Waals surface area contributed by atoms with E-state index in [2.05, 4.69) is 12.2 Å². The van der Waals surface area contributed by atoms with Crippen LogP contribution >= 0.6 is 0 Å².